The number of aryl methyl sites for hydroxylation is 3. The Balaban J connectivity index is 2.21. The van der Waals surface area contributed by atoms with Crippen LogP contribution in [-0.4, -0.2) is 11.1 Å². The smallest absolute Gasteiger partial charge is 0.371 e. The maximum absolute atomic E-state index is 10.9. The summed E-state index contributed by atoms with van der Waals surface area (Å²) in [6.07, 6.45) is 0. The molecule has 1 aromatic carbocycles. The summed E-state index contributed by atoms with van der Waals surface area (Å²) in [6.45, 7) is 5.65. The number of furan rings is 1. The first-order valence-corrected chi connectivity index (χ1v) is 6.39. The molecule has 1 N–H and O–H groups in total. The minimum absolute atomic E-state index is 0.0978. The maximum Gasteiger partial charge on any atom is 0.371 e. The molecule has 0 radical (unpaired) electrons. The molecule has 0 aliphatic carbocycles. The SMILES string of the molecule is Cc1cc(C#N)cc(C)c1OCc1cc(C(=O)O)oc1C. The highest BCUT2D eigenvalue weighted by Gasteiger charge is 2.14. The van der Waals surface area contributed by atoms with Crippen molar-refractivity contribution in [1.29, 1.82) is 5.26 Å². The van der Waals surface area contributed by atoms with Crippen molar-refractivity contribution in [3.63, 3.8) is 0 Å². The zero-order chi connectivity index (χ0) is 15.6. The Kier molecular flexibility index (Phi) is 3.99. The minimum atomic E-state index is -1.10. The molecule has 0 bridgehead atoms. The van der Waals surface area contributed by atoms with Gasteiger partial charge in [-0.05, 0) is 50.1 Å². The minimum Gasteiger partial charge on any atom is -0.488 e. The summed E-state index contributed by atoms with van der Waals surface area (Å²) in [5, 5.41) is 17.8. The average Bonchev–Trinajstić information content (AvgIpc) is 2.79. The summed E-state index contributed by atoms with van der Waals surface area (Å²) >= 11 is 0. The third kappa shape index (κ3) is 3.06. The molecule has 5 nitrogen and oxygen atoms in total. The van der Waals surface area contributed by atoms with Crippen molar-refractivity contribution in [2.45, 2.75) is 27.4 Å². The van der Waals surface area contributed by atoms with E-state index in [1.807, 2.05) is 13.8 Å². The number of carboxylic acid groups (broad SMARTS) is 1. The molecule has 5 heteroatoms. The van der Waals surface area contributed by atoms with E-state index in [1.54, 1.807) is 19.1 Å². The Labute approximate surface area is 122 Å². The second-order valence-corrected chi connectivity index (χ2v) is 4.84. The van der Waals surface area contributed by atoms with Crippen LogP contribution in [-0.2, 0) is 6.61 Å². The molecule has 1 aromatic heterocycles. The van der Waals surface area contributed by atoms with Gasteiger partial charge in [-0.2, -0.15) is 5.26 Å². The van der Waals surface area contributed by atoms with E-state index in [0.29, 0.717) is 22.6 Å². The lowest BCUT2D eigenvalue weighted by Crippen LogP contribution is -2.00. The van der Waals surface area contributed by atoms with Gasteiger partial charge in [-0.3, -0.25) is 0 Å². The molecule has 0 aliphatic heterocycles. The van der Waals surface area contributed by atoms with E-state index in [1.165, 1.54) is 6.07 Å². The van der Waals surface area contributed by atoms with Crippen molar-refractivity contribution < 1.29 is 19.1 Å². The first-order chi connectivity index (χ1) is 9.92. The van der Waals surface area contributed by atoms with Crippen LogP contribution in [0.2, 0.25) is 0 Å². The van der Waals surface area contributed by atoms with E-state index in [-0.39, 0.29) is 12.4 Å². The summed E-state index contributed by atoms with van der Waals surface area (Å²) in [7, 11) is 0. The van der Waals surface area contributed by atoms with Gasteiger partial charge in [-0.15, -0.1) is 0 Å². The Morgan fingerprint density at radius 1 is 1.29 bits per heavy atom. The molecule has 0 saturated carbocycles. The largest absolute Gasteiger partial charge is 0.488 e. The summed E-state index contributed by atoms with van der Waals surface area (Å²) in [5.74, 6) is 0.0253. The number of nitriles is 1. The van der Waals surface area contributed by atoms with Crippen LogP contribution in [0.5, 0.6) is 5.75 Å². The molecule has 21 heavy (non-hydrogen) atoms. The molecule has 0 aliphatic rings. The average molecular weight is 285 g/mol. The van der Waals surface area contributed by atoms with Gasteiger partial charge < -0.3 is 14.3 Å². The van der Waals surface area contributed by atoms with Gasteiger partial charge in [0, 0.05) is 5.56 Å². The fourth-order valence-corrected chi connectivity index (χ4v) is 2.16. The normalized spacial score (nSPS) is 10.2. The molecule has 1 heterocycles. The second-order valence-electron chi connectivity index (χ2n) is 4.84. The van der Waals surface area contributed by atoms with E-state index in [9.17, 15) is 4.79 Å². The van der Waals surface area contributed by atoms with Crippen molar-refractivity contribution >= 4 is 5.97 Å². The monoisotopic (exact) mass is 285 g/mol. The third-order valence-electron chi connectivity index (χ3n) is 3.19. The highest BCUT2D eigenvalue weighted by molar-refractivity contribution is 5.84. The lowest BCUT2D eigenvalue weighted by atomic mass is 10.1. The van der Waals surface area contributed by atoms with Crippen molar-refractivity contribution in [3.05, 3.63) is 52.0 Å². The van der Waals surface area contributed by atoms with Gasteiger partial charge in [0.1, 0.15) is 18.1 Å². The summed E-state index contributed by atoms with van der Waals surface area (Å²) in [6, 6.07) is 7.08. The van der Waals surface area contributed by atoms with Crippen molar-refractivity contribution in [2.75, 3.05) is 0 Å². The van der Waals surface area contributed by atoms with Crippen LogP contribution >= 0.6 is 0 Å². The quantitative estimate of drug-likeness (QED) is 0.931. The Morgan fingerprint density at radius 3 is 2.38 bits per heavy atom. The zero-order valence-electron chi connectivity index (χ0n) is 12.1. The number of carbonyl (C=O) groups is 1. The predicted molar refractivity (Wildman–Crippen MR) is 75.4 cm³/mol. The van der Waals surface area contributed by atoms with Crippen LogP contribution in [0.15, 0.2) is 22.6 Å². The van der Waals surface area contributed by atoms with Gasteiger partial charge in [-0.1, -0.05) is 0 Å². The number of carboxylic acids is 1. The lowest BCUT2D eigenvalue weighted by molar-refractivity contribution is 0.0661. The van der Waals surface area contributed by atoms with Gasteiger partial charge in [-0.25, -0.2) is 4.79 Å². The first-order valence-electron chi connectivity index (χ1n) is 6.39. The summed E-state index contributed by atoms with van der Waals surface area (Å²) < 4.78 is 10.9. The molecule has 0 spiro atoms. The third-order valence-corrected chi connectivity index (χ3v) is 3.19. The molecular formula is C16H15NO4. The Morgan fingerprint density at radius 2 is 1.90 bits per heavy atom. The molecule has 0 amide bonds. The van der Waals surface area contributed by atoms with Crippen LogP contribution in [0.3, 0.4) is 0 Å². The topological polar surface area (TPSA) is 83.5 Å². The van der Waals surface area contributed by atoms with Gasteiger partial charge in [0.25, 0.3) is 0 Å². The number of ether oxygens (including phenoxy) is 1. The number of hydrogen-bond donors (Lipinski definition) is 1. The summed E-state index contributed by atoms with van der Waals surface area (Å²) in [5.41, 5.74) is 3.01. The van der Waals surface area contributed by atoms with Gasteiger partial charge >= 0.3 is 5.97 Å². The molecule has 2 aromatic rings. The second kappa shape index (κ2) is 5.71. The molecule has 0 saturated heterocycles. The molecule has 0 fully saturated rings. The van der Waals surface area contributed by atoms with E-state index >= 15 is 0 Å². The van der Waals surface area contributed by atoms with Crippen molar-refractivity contribution in [3.8, 4) is 11.8 Å². The van der Waals surface area contributed by atoms with Crippen molar-refractivity contribution in [1.82, 2.24) is 0 Å². The van der Waals surface area contributed by atoms with E-state index in [2.05, 4.69) is 6.07 Å². The Hall–Kier alpha value is -2.74. The molecular weight excluding hydrogens is 270 g/mol. The van der Waals surface area contributed by atoms with Gasteiger partial charge in [0.15, 0.2) is 0 Å². The van der Waals surface area contributed by atoms with Crippen LogP contribution in [0.25, 0.3) is 0 Å². The number of hydrogen-bond acceptors (Lipinski definition) is 4. The lowest BCUT2D eigenvalue weighted by Gasteiger charge is -2.12. The highest BCUT2D eigenvalue weighted by atomic mass is 16.5. The van der Waals surface area contributed by atoms with Crippen LogP contribution in [0.4, 0.5) is 0 Å². The van der Waals surface area contributed by atoms with Gasteiger partial charge in [0.2, 0.25) is 5.76 Å². The standard InChI is InChI=1S/C16H15NO4/c1-9-4-12(7-17)5-10(2)15(9)20-8-13-6-14(16(18)19)21-11(13)3/h4-6H,8H2,1-3H3,(H,18,19). The predicted octanol–water partition coefficient (Wildman–Crippen LogP) is 3.35. The van der Waals surface area contributed by atoms with Crippen molar-refractivity contribution in [2.24, 2.45) is 0 Å². The summed E-state index contributed by atoms with van der Waals surface area (Å²) in [4.78, 5) is 10.9. The number of nitrogens with zero attached hydrogens (tertiary/aromatic N) is 1. The van der Waals surface area contributed by atoms with E-state index in [0.717, 1.165) is 11.1 Å². The number of rotatable bonds is 4. The molecule has 108 valence electrons. The molecule has 0 unspecified atom stereocenters. The van der Waals surface area contributed by atoms with E-state index in [4.69, 9.17) is 19.5 Å². The van der Waals surface area contributed by atoms with Gasteiger partial charge in [0.05, 0.1) is 11.6 Å². The van der Waals surface area contributed by atoms with E-state index < -0.39 is 5.97 Å². The van der Waals surface area contributed by atoms with Crippen LogP contribution < -0.4 is 4.74 Å². The maximum atomic E-state index is 10.9. The highest BCUT2D eigenvalue weighted by Crippen LogP contribution is 2.26. The fraction of sp³-hybridized carbons (Fsp3) is 0.250. The molecule has 2 rings (SSSR count). The molecule has 0 atom stereocenters. The van der Waals surface area contributed by atoms with Crippen LogP contribution in [0, 0.1) is 32.1 Å². The number of benzene rings is 1. The Bertz CT molecular complexity index is 714. The fourth-order valence-electron chi connectivity index (χ4n) is 2.16. The van der Waals surface area contributed by atoms with Crippen LogP contribution in [0.1, 0.15) is 38.6 Å². The number of aromatic carboxylic acids is 1. The zero-order valence-corrected chi connectivity index (χ0v) is 12.1. The first kappa shape index (κ1) is 14.7.